The number of carbonyl (C=O) groups excluding carboxylic acids is 1. The number of amides is 1. The van der Waals surface area contributed by atoms with Crippen molar-refractivity contribution >= 4 is 11.6 Å². The Labute approximate surface area is 99.9 Å². The van der Waals surface area contributed by atoms with Crippen molar-refractivity contribution in [2.45, 2.75) is 18.4 Å². The van der Waals surface area contributed by atoms with Gasteiger partial charge in [0.25, 0.3) is 0 Å². The van der Waals surface area contributed by atoms with Gasteiger partial charge in [-0.2, -0.15) is 0 Å². The number of methoxy groups -OCH3 is 2. The zero-order valence-corrected chi connectivity index (χ0v) is 9.95. The number of rotatable bonds is 4. The lowest BCUT2D eigenvalue weighted by Gasteiger charge is -2.14. The third-order valence-corrected chi connectivity index (χ3v) is 2.90. The molecule has 0 saturated heterocycles. The van der Waals surface area contributed by atoms with Gasteiger partial charge in [-0.05, 0) is 25.0 Å². The monoisotopic (exact) mass is 236 g/mol. The van der Waals surface area contributed by atoms with E-state index in [1.165, 1.54) is 0 Å². The lowest BCUT2D eigenvalue weighted by Crippen LogP contribution is -2.37. The summed E-state index contributed by atoms with van der Waals surface area (Å²) in [6.45, 7) is 0. The first-order chi connectivity index (χ1) is 8.09. The molecule has 1 aromatic carbocycles. The van der Waals surface area contributed by atoms with Crippen LogP contribution in [-0.4, -0.2) is 25.7 Å². The van der Waals surface area contributed by atoms with Crippen molar-refractivity contribution in [3.8, 4) is 11.5 Å². The van der Waals surface area contributed by atoms with Crippen molar-refractivity contribution in [1.29, 1.82) is 0 Å². The number of hydrogen-bond acceptors (Lipinski definition) is 4. The van der Waals surface area contributed by atoms with Gasteiger partial charge in [0.05, 0.1) is 25.4 Å². The molecule has 1 saturated carbocycles. The SMILES string of the molecule is COc1ccc(NC(=O)C2(N)CC2)c(OC)c1. The second-order valence-electron chi connectivity index (χ2n) is 4.18. The van der Waals surface area contributed by atoms with E-state index in [0.29, 0.717) is 17.2 Å². The van der Waals surface area contributed by atoms with Crippen LogP contribution < -0.4 is 20.5 Å². The van der Waals surface area contributed by atoms with Gasteiger partial charge in [-0.15, -0.1) is 0 Å². The van der Waals surface area contributed by atoms with Crippen molar-refractivity contribution in [1.82, 2.24) is 0 Å². The van der Waals surface area contributed by atoms with Gasteiger partial charge >= 0.3 is 0 Å². The zero-order chi connectivity index (χ0) is 12.5. The highest BCUT2D eigenvalue weighted by Gasteiger charge is 2.46. The smallest absolute Gasteiger partial charge is 0.244 e. The molecule has 1 aliphatic carbocycles. The third kappa shape index (κ3) is 2.34. The van der Waals surface area contributed by atoms with Crippen LogP contribution in [0.3, 0.4) is 0 Å². The highest BCUT2D eigenvalue weighted by molar-refractivity contribution is 6.01. The normalized spacial score (nSPS) is 16.2. The second-order valence-corrected chi connectivity index (χ2v) is 4.18. The Morgan fingerprint density at radius 1 is 1.35 bits per heavy atom. The molecule has 0 bridgehead atoms. The molecule has 5 nitrogen and oxygen atoms in total. The Hall–Kier alpha value is -1.75. The van der Waals surface area contributed by atoms with Crippen LogP contribution in [0.1, 0.15) is 12.8 Å². The maximum absolute atomic E-state index is 11.8. The topological polar surface area (TPSA) is 73.6 Å². The predicted molar refractivity (Wildman–Crippen MR) is 64.3 cm³/mol. The molecule has 1 fully saturated rings. The lowest BCUT2D eigenvalue weighted by molar-refractivity contribution is -0.118. The number of anilines is 1. The fraction of sp³-hybridized carbons (Fsp3) is 0.417. The minimum atomic E-state index is -0.690. The third-order valence-electron chi connectivity index (χ3n) is 2.90. The van der Waals surface area contributed by atoms with Gasteiger partial charge in [-0.1, -0.05) is 0 Å². The van der Waals surface area contributed by atoms with Gasteiger partial charge in [-0.25, -0.2) is 0 Å². The number of benzene rings is 1. The van der Waals surface area contributed by atoms with Gasteiger partial charge in [0.2, 0.25) is 5.91 Å². The molecule has 3 N–H and O–H groups in total. The van der Waals surface area contributed by atoms with Crippen LogP contribution in [-0.2, 0) is 4.79 Å². The molecule has 0 heterocycles. The summed E-state index contributed by atoms with van der Waals surface area (Å²) in [5.74, 6) is 1.07. The standard InChI is InChI=1S/C12H16N2O3/c1-16-8-3-4-9(10(7-8)17-2)14-11(15)12(13)5-6-12/h3-4,7H,5-6,13H2,1-2H3,(H,14,15). The molecule has 0 radical (unpaired) electrons. The van der Waals surface area contributed by atoms with E-state index in [9.17, 15) is 4.79 Å². The van der Waals surface area contributed by atoms with Gasteiger partial charge in [0.1, 0.15) is 11.5 Å². The first-order valence-corrected chi connectivity index (χ1v) is 5.41. The molecule has 17 heavy (non-hydrogen) atoms. The van der Waals surface area contributed by atoms with Crippen LogP contribution in [0.5, 0.6) is 11.5 Å². The molecular formula is C12H16N2O3. The Kier molecular flexibility index (Phi) is 2.93. The summed E-state index contributed by atoms with van der Waals surface area (Å²) in [5, 5.41) is 2.77. The van der Waals surface area contributed by atoms with Crippen molar-refractivity contribution in [3.05, 3.63) is 18.2 Å². The summed E-state index contributed by atoms with van der Waals surface area (Å²) in [4.78, 5) is 11.8. The predicted octanol–water partition coefficient (Wildman–Crippen LogP) is 1.13. The van der Waals surface area contributed by atoms with Crippen molar-refractivity contribution < 1.29 is 14.3 Å². The van der Waals surface area contributed by atoms with E-state index >= 15 is 0 Å². The van der Waals surface area contributed by atoms with E-state index < -0.39 is 5.54 Å². The van der Waals surface area contributed by atoms with E-state index in [2.05, 4.69) is 5.32 Å². The number of nitrogens with two attached hydrogens (primary N) is 1. The van der Waals surface area contributed by atoms with E-state index in [-0.39, 0.29) is 5.91 Å². The van der Waals surface area contributed by atoms with Gasteiger partial charge < -0.3 is 20.5 Å². The molecule has 5 heteroatoms. The average Bonchev–Trinajstić information content (AvgIpc) is 3.09. The molecule has 1 aliphatic rings. The van der Waals surface area contributed by atoms with Crippen LogP contribution in [0.25, 0.3) is 0 Å². The highest BCUT2D eigenvalue weighted by Crippen LogP contribution is 2.35. The summed E-state index contributed by atoms with van der Waals surface area (Å²) in [5.41, 5.74) is 5.72. The quantitative estimate of drug-likeness (QED) is 0.822. The molecule has 92 valence electrons. The number of hydrogen-bond donors (Lipinski definition) is 2. The van der Waals surface area contributed by atoms with E-state index in [0.717, 1.165) is 12.8 Å². The van der Waals surface area contributed by atoms with Crippen molar-refractivity contribution in [2.24, 2.45) is 5.73 Å². The van der Waals surface area contributed by atoms with Crippen LogP contribution >= 0.6 is 0 Å². The molecule has 2 rings (SSSR count). The first-order valence-electron chi connectivity index (χ1n) is 5.41. The fourth-order valence-corrected chi connectivity index (χ4v) is 1.51. The van der Waals surface area contributed by atoms with E-state index in [1.807, 2.05) is 0 Å². The summed E-state index contributed by atoms with van der Waals surface area (Å²) in [6.07, 6.45) is 1.47. The second kappa shape index (κ2) is 4.25. The van der Waals surface area contributed by atoms with Crippen molar-refractivity contribution in [3.63, 3.8) is 0 Å². The average molecular weight is 236 g/mol. The molecule has 1 amide bonds. The number of ether oxygens (including phenoxy) is 2. The zero-order valence-electron chi connectivity index (χ0n) is 9.95. The minimum absolute atomic E-state index is 0.166. The van der Waals surface area contributed by atoms with Gasteiger partial charge in [0, 0.05) is 6.07 Å². The first kappa shape index (κ1) is 11.7. The number of carbonyl (C=O) groups is 1. The Morgan fingerprint density at radius 3 is 2.59 bits per heavy atom. The molecule has 0 aliphatic heterocycles. The molecule has 0 spiro atoms. The summed E-state index contributed by atoms with van der Waals surface area (Å²) < 4.78 is 10.3. The van der Waals surface area contributed by atoms with E-state index in [1.54, 1.807) is 32.4 Å². The molecule has 0 atom stereocenters. The number of nitrogens with one attached hydrogen (secondary N) is 1. The summed E-state index contributed by atoms with van der Waals surface area (Å²) in [7, 11) is 3.12. The summed E-state index contributed by atoms with van der Waals surface area (Å²) in [6, 6.07) is 5.21. The maximum Gasteiger partial charge on any atom is 0.244 e. The Bertz CT molecular complexity index is 441. The highest BCUT2D eigenvalue weighted by atomic mass is 16.5. The lowest BCUT2D eigenvalue weighted by atomic mass is 10.2. The van der Waals surface area contributed by atoms with Crippen LogP contribution in [0.15, 0.2) is 18.2 Å². The molecule has 0 aromatic heterocycles. The molecular weight excluding hydrogens is 220 g/mol. The maximum atomic E-state index is 11.8. The largest absolute Gasteiger partial charge is 0.497 e. The van der Waals surface area contributed by atoms with Gasteiger partial charge in [-0.3, -0.25) is 4.79 Å². The van der Waals surface area contributed by atoms with Crippen molar-refractivity contribution in [2.75, 3.05) is 19.5 Å². The van der Waals surface area contributed by atoms with Crippen LogP contribution in [0.4, 0.5) is 5.69 Å². The van der Waals surface area contributed by atoms with E-state index in [4.69, 9.17) is 15.2 Å². The Balaban J connectivity index is 2.17. The van der Waals surface area contributed by atoms with Gasteiger partial charge in [0.15, 0.2) is 0 Å². The Morgan fingerprint density at radius 2 is 2.06 bits per heavy atom. The molecule has 0 unspecified atom stereocenters. The van der Waals surface area contributed by atoms with Crippen LogP contribution in [0, 0.1) is 0 Å². The fourth-order valence-electron chi connectivity index (χ4n) is 1.51. The molecule has 1 aromatic rings. The summed E-state index contributed by atoms with van der Waals surface area (Å²) >= 11 is 0. The van der Waals surface area contributed by atoms with Crippen LogP contribution in [0.2, 0.25) is 0 Å². The minimum Gasteiger partial charge on any atom is -0.497 e.